The second kappa shape index (κ2) is 7.75. The van der Waals surface area contributed by atoms with Gasteiger partial charge in [0.25, 0.3) is 0 Å². The van der Waals surface area contributed by atoms with Crippen LogP contribution in [-0.2, 0) is 4.79 Å². The van der Waals surface area contributed by atoms with E-state index in [4.69, 9.17) is 10.5 Å². The Morgan fingerprint density at radius 2 is 2.35 bits per heavy atom. The van der Waals surface area contributed by atoms with Gasteiger partial charge >= 0.3 is 0 Å². The van der Waals surface area contributed by atoms with Crippen molar-refractivity contribution in [3.8, 4) is 16.9 Å². The molecule has 0 fully saturated rings. The average Bonchev–Trinajstić information content (AvgIpc) is 2.97. The molecular formula is C16H21N4O3. The first-order valence-electron chi connectivity index (χ1n) is 7.35. The van der Waals surface area contributed by atoms with E-state index in [1.807, 2.05) is 25.3 Å². The van der Waals surface area contributed by atoms with Crippen LogP contribution in [0.2, 0.25) is 0 Å². The van der Waals surface area contributed by atoms with Gasteiger partial charge in [0.15, 0.2) is 0 Å². The molecule has 5 N–H and O–H groups in total. The van der Waals surface area contributed by atoms with E-state index in [1.54, 1.807) is 6.07 Å². The summed E-state index contributed by atoms with van der Waals surface area (Å²) in [5.41, 5.74) is 8.36. The first kappa shape index (κ1) is 17.0. The number of carbonyl (C=O) groups excluding carboxylic acids is 1. The number of benzene rings is 1. The smallest absolute Gasteiger partial charge is 0.239 e. The molecule has 1 heterocycles. The fraction of sp³-hybridized carbons (Fsp3) is 0.375. The van der Waals surface area contributed by atoms with Crippen molar-refractivity contribution in [2.24, 2.45) is 5.73 Å². The molecule has 0 aliphatic carbocycles. The SMILES string of the molecule is Cc1n[nH]cc1-c1c[c]cc(OCCNC(=O)[C@@H](N)[C@@H](C)O)c1. The molecule has 7 nitrogen and oxygen atoms in total. The van der Waals surface area contributed by atoms with E-state index in [9.17, 15) is 9.90 Å². The van der Waals surface area contributed by atoms with E-state index in [1.165, 1.54) is 6.92 Å². The van der Waals surface area contributed by atoms with Gasteiger partial charge in [0.2, 0.25) is 5.91 Å². The van der Waals surface area contributed by atoms with Gasteiger partial charge in [-0.25, -0.2) is 0 Å². The van der Waals surface area contributed by atoms with Crippen LogP contribution in [0.3, 0.4) is 0 Å². The Labute approximate surface area is 134 Å². The molecule has 23 heavy (non-hydrogen) atoms. The molecule has 1 aromatic heterocycles. The van der Waals surface area contributed by atoms with E-state index in [0.717, 1.165) is 16.8 Å². The van der Waals surface area contributed by atoms with Gasteiger partial charge in [0, 0.05) is 11.8 Å². The van der Waals surface area contributed by atoms with Gasteiger partial charge in [-0.2, -0.15) is 5.10 Å². The van der Waals surface area contributed by atoms with Crippen LogP contribution in [0.1, 0.15) is 12.6 Å². The standard InChI is InChI=1S/C16H21N4O3/c1-10-14(9-19-20-10)12-4-3-5-13(8-12)23-7-6-18-16(22)15(17)11(2)21/h4-5,8-9,11,15,21H,6-7,17H2,1-2H3,(H,18,22)(H,19,20)/t11-,15+/m1/s1. The van der Waals surface area contributed by atoms with Gasteiger partial charge < -0.3 is 20.9 Å². The molecule has 1 radical (unpaired) electrons. The zero-order valence-electron chi connectivity index (χ0n) is 13.2. The predicted octanol–water partition coefficient (Wildman–Crippen LogP) is 0.388. The largest absolute Gasteiger partial charge is 0.492 e. The Balaban J connectivity index is 1.85. The molecule has 7 heteroatoms. The molecule has 0 spiro atoms. The number of H-pyrrole nitrogens is 1. The zero-order valence-corrected chi connectivity index (χ0v) is 13.2. The summed E-state index contributed by atoms with van der Waals surface area (Å²) < 4.78 is 5.60. The summed E-state index contributed by atoms with van der Waals surface area (Å²) in [6, 6.07) is 7.55. The van der Waals surface area contributed by atoms with Gasteiger partial charge in [-0.3, -0.25) is 9.89 Å². The summed E-state index contributed by atoms with van der Waals surface area (Å²) in [7, 11) is 0. The number of rotatable bonds is 7. The highest BCUT2D eigenvalue weighted by atomic mass is 16.5. The van der Waals surface area contributed by atoms with Crippen molar-refractivity contribution in [1.82, 2.24) is 15.5 Å². The van der Waals surface area contributed by atoms with Crippen molar-refractivity contribution in [3.05, 3.63) is 36.2 Å². The number of aryl methyl sites for hydroxylation is 1. The number of aromatic nitrogens is 2. The summed E-state index contributed by atoms with van der Waals surface area (Å²) in [4.78, 5) is 11.6. The third-order valence-corrected chi connectivity index (χ3v) is 3.40. The maximum atomic E-state index is 11.6. The lowest BCUT2D eigenvalue weighted by Crippen LogP contribution is -2.48. The maximum absolute atomic E-state index is 11.6. The lowest BCUT2D eigenvalue weighted by molar-refractivity contribution is -0.124. The van der Waals surface area contributed by atoms with E-state index in [2.05, 4.69) is 21.6 Å². The van der Waals surface area contributed by atoms with Gasteiger partial charge in [0.1, 0.15) is 18.4 Å². The Morgan fingerprint density at radius 3 is 3.00 bits per heavy atom. The van der Waals surface area contributed by atoms with Crippen LogP contribution in [0.4, 0.5) is 0 Å². The topological polar surface area (TPSA) is 113 Å². The van der Waals surface area contributed by atoms with Crippen molar-refractivity contribution in [2.45, 2.75) is 26.0 Å². The molecule has 2 aromatic rings. The molecule has 1 amide bonds. The van der Waals surface area contributed by atoms with E-state index in [-0.39, 0.29) is 0 Å². The van der Waals surface area contributed by atoms with E-state index in [0.29, 0.717) is 18.9 Å². The summed E-state index contributed by atoms with van der Waals surface area (Å²) in [5, 5.41) is 18.8. The quantitative estimate of drug-likeness (QED) is 0.552. The van der Waals surface area contributed by atoms with E-state index < -0.39 is 18.1 Å². The Kier molecular flexibility index (Phi) is 5.72. The van der Waals surface area contributed by atoms with Crippen LogP contribution in [0.5, 0.6) is 5.75 Å². The number of amides is 1. The van der Waals surface area contributed by atoms with Crippen LogP contribution in [-0.4, -0.2) is 46.5 Å². The minimum atomic E-state index is -0.935. The number of aliphatic hydroxyl groups excluding tert-OH is 1. The number of nitrogens with two attached hydrogens (primary N) is 1. The third-order valence-electron chi connectivity index (χ3n) is 3.40. The fourth-order valence-corrected chi connectivity index (χ4v) is 2.02. The molecule has 123 valence electrons. The number of ether oxygens (including phenoxy) is 1. The van der Waals surface area contributed by atoms with Crippen LogP contribution in [0, 0.1) is 13.0 Å². The fourth-order valence-electron chi connectivity index (χ4n) is 2.02. The van der Waals surface area contributed by atoms with Crippen molar-refractivity contribution in [2.75, 3.05) is 13.2 Å². The number of nitrogens with zero attached hydrogens (tertiary/aromatic N) is 1. The van der Waals surface area contributed by atoms with E-state index >= 15 is 0 Å². The Hall–Kier alpha value is -2.38. The Morgan fingerprint density at radius 1 is 1.57 bits per heavy atom. The highest BCUT2D eigenvalue weighted by molar-refractivity contribution is 5.82. The summed E-state index contributed by atoms with van der Waals surface area (Å²) in [6.07, 6.45) is 0.931. The van der Waals surface area contributed by atoms with Crippen molar-refractivity contribution in [1.29, 1.82) is 0 Å². The van der Waals surface area contributed by atoms with Gasteiger partial charge in [-0.1, -0.05) is 0 Å². The number of nitrogens with one attached hydrogen (secondary N) is 2. The highest BCUT2D eigenvalue weighted by Crippen LogP contribution is 2.24. The molecule has 1 aromatic carbocycles. The molecule has 0 saturated heterocycles. The number of aromatic amines is 1. The average molecular weight is 317 g/mol. The minimum Gasteiger partial charge on any atom is -0.492 e. The molecule has 0 bridgehead atoms. The molecular weight excluding hydrogens is 296 g/mol. The molecule has 2 rings (SSSR count). The monoisotopic (exact) mass is 317 g/mol. The van der Waals surface area contributed by atoms with Crippen LogP contribution < -0.4 is 15.8 Å². The maximum Gasteiger partial charge on any atom is 0.239 e. The molecule has 0 unspecified atom stereocenters. The van der Waals surface area contributed by atoms with Crippen LogP contribution in [0.15, 0.2) is 24.4 Å². The molecule has 0 aliphatic rings. The summed E-state index contributed by atoms with van der Waals surface area (Å²) in [6.45, 7) is 3.98. The number of carbonyl (C=O) groups is 1. The lowest BCUT2D eigenvalue weighted by atomic mass is 10.1. The first-order valence-corrected chi connectivity index (χ1v) is 7.35. The van der Waals surface area contributed by atoms with Crippen molar-refractivity contribution in [3.63, 3.8) is 0 Å². The van der Waals surface area contributed by atoms with Crippen LogP contribution in [0.25, 0.3) is 11.1 Å². The number of hydrogen-bond donors (Lipinski definition) is 4. The number of aliphatic hydroxyl groups is 1. The van der Waals surface area contributed by atoms with Gasteiger partial charge in [-0.15, -0.1) is 0 Å². The molecule has 0 saturated carbocycles. The summed E-state index contributed by atoms with van der Waals surface area (Å²) in [5.74, 6) is 0.245. The van der Waals surface area contributed by atoms with Crippen molar-refractivity contribution < 1.29 is 14.6 Å². The minimum absolute atomic E-state index is 0.292. The Bertz CT molecular complexity index is 654. The van der Waals surface area contributed by atoms with Crippen LogP contribution >= 0.6 is 0 Å². The van der Waals surface area contributed by atoms with Gasteiger partial charge in [-0.05, 0) is 43.7 Å². The molecule has 2 atom stereocenters. The normalized spacial score (nSPS) is 13.4. The van der Waals surface area contributed by atoms with Gasteiger partial charge in [0.05, 0.1) is 18.3 Å². The van der Waals surface area contributed by atoms with Crippen molar-refractivity contribution >= 4 is 5.91 Å². The highest BCUT2D eigenvalue weighted by Gasteiger charge is 2.17. The molecule has 0 aliphatic heterocycles. The first-order chi connectivity index (χ1) is 11.0. The second-order valence-electron chi connectivity index (χ2n) is 5.25. The lowest BCUT2D eigenvalue weighted by Gasteiger charge is -2.14. The third kappa shape index (κ3) is 4.54. The summed E-state index contributed by atoms with van der Waals surface area (Å²) >= 11 is 0. The second-order valence-corrected chi connectivity index (χ2v) is 5.25. The predicted molar refractivity (Wildman–Crippen MR) is 85.8 cm³/mol. The number of hydrogen-bond acceptors (Lipinski definition) is 5. The zero-order chi connectivity index (χ0) is 16.8.